The predicted octanol–water partition coefficient (Wildman–Crippen LogP) is 8.51. The number of unbranched alkanes of at least 4 members (excludes halogenated alkanes) is 15. The van der Waals surface area contributed by atoms with Crippen molar-refractivity contribution < 1.29 is 47.8 Å². The normalized spacial score (nSPS) is 28.4. The molecule has 0 spiro atoms. The Morgan fingerprint density at radius 1 is 0.667 bits per heavy atom. The zero-order valence-electron chi connectivity index (χ0n) is 38.0. The van der Waals surface area contributed by atoms with Crippen LogP contribution in [0.2, 0.25) is 0 Å². The Balaban J connectivity index is 2.20. The van der Waals surface area contributed by atoms with E-state index >= 15 is 0 Å². The molecule has 2 aliphatic rings. The van der Waals surface area contributed by atoms with E-state index in [0.29, 0.717) is 6.61 Å². The molecule has 2 heterocycles. The highest BCUT2D eigenvalue weighted by molar-refractivity contribution is 5.86. The van der Waals surface area contributed by atoms with Crippen molar-refractivity contribution >= 4 is 5.91 Å². The maximum absolute atomic E-state index is 12.4. The summed E-state index contributed by atoms with van der Waals surface area (Å²) in [5.74, 6) is -0.302. The average molecular weight is 814 g/mol. The van der Waals surface area contributed by atoms with Gasteiger partial charge >= 0.3 is 0 Å². The molecule has 2 rings (SSSR count). The molecule has 10 unspecified atom stereocenters. The molecule has 11 heteroatoms. The summed E-state index contributed by atoms with van der Waals surface area (Å²) in [5, 5.41) is 14.9. The summed E-state index contributed by atoms with van der Waals surface area (Å²) in [5.41, 5.74) is -1.33. The first-order chi connectivity index (χ1) is 27.4. The van der Waals surface area contributed by atoms with E-state index < -0.39 is 66.6 Å². The summed E-state index contributed by atoms with van der Waals surface area (Å²) in [7, 11) is 6.54. The monoisotopic (exact) mass is 814 g/mol. The second kappa shape index (κ2) is 28.4. The quantitative estimate of drug-likeness (QED) is 0.0505. The van der Waals surface area contributed by atoms with Crippen LogP contribution in [0.3, 0.4) is 0 Å². The highest BCUT2D eigenvalue weighted by Crippen LogP contribution is 2.42. The minimum atomic E-state index is -1.02. The Bertz CT molecular complexity index is 1060. The van der Waals surface area contributed by atoms with Crippen LogP contribution in [0.15, 0.2) is 12.7 Å². The topological polar surface area (TPSA) is 123 Å². The lowest BCUT2D eigenvalue weighted by atomic mass is 9.75. The van der Waals surface area contributed by atoms with Crippen LogP contribution >= 0.6 is 0 Å². The molecule has 0 aromatic rings. The Hall–Kier alpha value is -1.15. The number of aliphatic hydroxyl groups excluding tert-OH is 1. The van der Waals surface area contributed by atoms with Crippen LogP contribution in [-0.4, -0.2) is 126 Å². The standard InChI is InChI=1S/C46H87NO10/c1-12-15-17-19-21-22-23-24-26-28-30-45(4,5)43-37(49)40(51-9)39(35(56-43)33-50-8)57-46(6,7)44-42(53-11)41(52-10)38(34(55-44)32-47-36(48)14-3)54-31-29-27-25-20-18-16-13-2/h14,34-35,37-44,49H,3,12-13,15-33H2,1-2,4-11H3,(H,47,48). The van der Waals surface area contributed by atoms with Crippen molar-refractivity contribution in [1.29, 1.82) is 0 Å². The molecule has 0 aliphatic carbocycles. The fraction of sp³-hybridized carbons (Fsp3) is 0.935. The predicted molar refractivity (Wildman–Crippen MR) is 228 cm³/mol. The van der Waals surface area contributed by atoms with E-state index in [4.69, 9.17) is 37.9 Å². The van der Waals surface area contributed by atoms with Crippen molar-refractivity contribution in [2.45, 2.75) is 224 Å². The third-order valence-electron chi connectivity index (χ3n) is 12.2. The zero-order chi connectivity index (χ0) is 42.3. The molecule has 0 saturated carbocycles. The van der Waals surface area contributed by atoms with E-state index in [0.717, 1.165) is 25.7 Å². The van der Waals surface area contributed by atoms with E-state index in [1.807, 2.05) is 13.8 Å². The summed E-state index contributed by atoms with van der Waals surface area (Å²) in [4.78, 5) is 12.4. The first-order valence-corrected chi connectivity index (χ1v) is 22.6. The Morgan fingerprint density at radius 2 is 1.18 bits per heavy atom. The van der Waals surface area contributed by atoms with Crippen LogP contribution in [0.5, 0.6) is 0 Å². The van der Waals surface area contributed by atoms with Crippen molar-refractivity contribution in [3.63, 3.8) is 0 Å². The Kier molecular flexibility index (Phi) is 25.9. The van der Waals surface area contributed by atoms with E-state index in [9.17, 15) is 9.90 Å². The van der Waals surface area contributed by atoms with Crippen LogP contribution in [0.4, 0.5) is 0 Å². The largest absolute Gasteiger partial charge is 0.388 e. The summed E-state index contributed by atoms with van der Waals surface area (Å²) in [6.45, 7) is 17.3. The number of methoxy groups -OCH3 is 4. The minimum absolute atomic E-state index is 0.184. The van der Waals surface area contributed by atoms with E-state index in [-0.39, 0.29) is 24.5 Å². The van der Waals surface area contributed by atoms with Gasteiger partial charge in [0.1, 0.15) is 54.9 Å². The van der Waals surface area contributed by atoms with E-state index in [1.54, 1.807) is 28.4 Å². The van der Waals surface area contributed by atoms with Gasteiger partial charge in [-0.2, -0.15) is 0 Å². The second-order valence-corrected chi connectivity index (χ2v) is 17.7. The molecule has 57 heavy (non-hydrogen) atoms. The number of hydrogen-bond donors (Lipinski definition) is 2. The van der Waals surface area contributed by atoms with Gasteiger partial charge in [-0.25, -0.2) is 0 Å². The maximum atomic E-state index is 12.4. The third kappa shape index (κ3) is 17.0. The van der Waals surface area contributed by atoms with Gasteiger partial charge in [-0.05, 0) is 38.2 Å². The molecule has 0 radical (unpaired) electrons. The number of amides is 1. The number of hydrogen-bond acceptors (Lipinski definition) is 10. The number of carbonyl (C=O) groups excluding carboxylic acids is 1. The molecule has 11 nitrogen and oxygen atoms in total. The lowest BCUT2D eigenvalue weighted by Crippen LogP contribution is -2.69. The molecule has 2 fully saturated rings. The first kappa shape index (κ1) is 52.0. The fourth-order valence-corrected chi connectivity index (χ4v) is 8.83. The molecular weight excluding hydrogens is 727 g/mol. The van der Waals surface area contributed by atoms with Gasteiger partial charge in [0.15, 0.2) is 0 Å². The minimum Gasteiger partial charge on any atom is -0.388 e. The van der Waals surface area contributed by atoms with Crippen LogP contribution in [0, 0.1) is 5.41 Å². The molecule has 336 valence electrons. The molecular formula is C46H87NO10. The van der Waals surface area contributed by atoms with Crippen molar-refractivity contribution in [2.24, 2.45) is 5.41 Å². The lowest BCUT2D eigenvalue weighted by molar-refractivity contribution is -0.322. The number of aliphatic hydroxyl groups is 1. The maximum Gasteiger partial charge on any atom is 0.243 e. The number of carbonyl (C=O) groups is 1. The van der Waals surface area contributed by atoms with Gasteiger partial charge < -0.3 is 48.3 Å². The van der Waals surface area contributed by atoms with Crippen LogP contribution in [0.1, 0.15) is 157 Å². The van der Waals surface area contributed by atoms with Crippen molar-refractivity contribution in [3.8, 4) is 0 Å². The Morgan fingerprint density at radius 3 is 1.68 bits per heavy atom. The smallest absolute Gasteiger partial charge is 0.243 e. The summed E-state index contributed by atoms with van der Waals surface area (Å²) >= 11 is 0. The van der Waals surface area contributed by atoms with Crippen molar-refractivity contribution in [3.05, 3.63) is 12.7 Å². The first-order valence-electron chi connectivity index (χ1n) is 22.6. The van der Waals surface area contributed by atoms with Crippen LogP contribution in [-0.2, 0) is 42.7 Å². The summed E-state index contributed by atoms with van der Waals surface area (Å²) < 4.78 is 51.2. The van der Waals surface area contributed by atoms with Crippen molar-refractivity contribution in [2.75, 3.05) is 48.2 Å². The SMILES string of the molecule is C=CC(=O)NCC1OC(C(C)(C)OC2C(COC)OC(C(C)(C)CCCCCCCCCCCC)C(O)C2OC)C(OC)C(OC)C1OCCCCCCCCC. The van der Waals surface area contributed by atoms with E-state index in [1.165, 1.54) is 96.0 Å². The molecule has 2 saturated heterocycles. The molecule has 0 aromatic carbocycles. The molecule has 0 aromatic heterocycles. The summed E-state index contributed by atoms with van der Waals surface area (Å²) in [6, 6.07) is 0. The molecule has 1 amide bonds. The van der Waals surface area contributed by atoms with E-state index in [2.05, 4.69) is 39.6 Å². The van der Waals surface area contributed by atoms with Gasteiger partial charge in [0.25, 0.3) is 0 Å². The highest BCUT2D eigenvalue weighted by Gasteiger charge is 2.57. The number of ether oxygens (including phenoxy) is 8. The Labute approximate surface area is 348 Å². The fourth-order valence-electron chi connectivity index (χ4n) is 8.83. The van der Waals surface area contributed by atoms with Gasteiger partial charge in [-0.15, -0.1) is 0 Å². The molecule has 10 atom stereocenters. The average Bonchev–Trinajstić information content (AvgIpc) is 3.19. The van der Waals surface area contributed by atoms with Crippen LogP contribution < -0.4 is 5.32 Å². The van der Waals surface area contributed by atoms with Gasteiger partial charge in [-0.1, -0.05) is 137 Å². The summed E-state index contributed by atoms with van der Waals surface area (Å²) in [6.07, 6.45) is 16.9. The second-order valence-electron chi connectivity index (χ2n) is 17.7. The molecule has 2 N–H and O–H groups in total. The van der Waals surface area contributed by atoms with Gasteiger partial charge in [0.2, 0.25) is 5.91 Å². The lowest BCUT2D eigenvalue weighted by Gasteiger charge is -2.53. The van der Waals surface area contributed by atoms with Crippen LogP contribution in [0.25, 0.3) is 0 Å². The molecule has 0 bridgehead atoms. The zero-order valence-corrected chi connectivity index (χ0v) is 38.0. The third-order valence-corrected chi connectivity index (χ3v) is 12.2. The van der Waals surface area contributed by atoms with Crippen molar-refractivity contribution in [1.82, 2.24) is 5.32 Å². The van der Waals surface area contributed by atoms with Gasteiger partial charge in [0, 0.05) is 41.6 Å². The van der Waals surface area contributed by atoms with Gasteiger partial charge in [0.05, 0.1) is 18.3 Å². The molecule has 2 aliphatic heterocycles. The van der Waals surface area contributed by atoms with Gasteiger partial charge in [-0.3, -0.25) is 4.79 Å². The number of nitrogens with one attached hydrogen (secondary N) is 1. The highest BCUT2D eigenvalue weighted by atomic mass is 16.6. The number of rotatable bonds is 32.